The van der Waals surface area contributed by atoms with E-state index in [1.165, 1.54) is 9.80 Å². The molecule has 6 amide bonds. The van der Waals surface area contributed by atoms with Crippen molar-refractivity contribution in [2.75, 3.05) is 26.2 Å². The fourth-order valence-electron chi connectivity index (χ4n) is 3.51. The Balaban J connectivity index is 1.53. The number of hydrogen-bond donors (Lipinski definition) is 3. The fraction of sp³-hybridized carbons (Fsp3) is 0.684. The van der Waals surface area contributed by atoms with Crippen molar-refractivity contribution in [2.45, 2.75) is 56.8 Å². The van der Waals surface area contributed by atoms with E-state index < -0.39 is 11.9 Å². The number of carbonyl (C=O) groups is 6. The van der Waals surface area contributed by atoms with Gasteiger partial charge in [-0.15, -0.1) is 0 Å². The molecular weight excluding hydrogens is 405 g/mol. The van der Waals surface area contributed by atoms with Gasteiger partial charge in [-0.3, -0.25) is 38.6 Å². The lowest BCUT2D eigenvalue weighted by Gasteiger charge is -2.16. The second-order valence-corrected chi connectivity index (χ2v) is 7.92. The van der Waals surface area contributed by atoms with E-state index in [9.17, 15) is 28.8 Å². The number of rotatable bonds is 12. The molecule has 0 aromatic heterocycles. The van der Waals surface area contributed by atoms with Crippen LogP contribution in [0.5, 0.6) is 0 Å². The van der Waals surface area contributed by atoms with Crippen LogP contribution in [0.4, 0.5) is 0 Å². The molecule has 0 bridgehead atoms. The minimum Gasteiger partial charge on any atom is -0.356 e. The second kappa shape index (κ2) is 11.6. The monoisotopic (exact) mass is 435 g/mol. The molecule has 170 valence electrons. The SMILES string of the molecule is B[C@@H]1CC(=O)N(CCCNC(=O)CC[C@H](N)C(=O)NCCCN2C(=O)CCC2=O)C1=O. The summed E-state index contributed by atoms with van der Waals surface area (Å²) in [5.74, 6) is -1.67. The van der Waals surface area contributed by atoms with Gasteiger partial charge in [0.2, 0.25) is 35.4 Å². The molecule has 2 fully saturated rings. The zero-order valence-electron chi connectivity index (χ0n) is 17.9. The molecule has 4 N–H and O–H groups in total. The topological polar surface area (TPSA) is 159 Å². The maximum Gasteiger partial charge on any atom is 0.236 e. The average Bonchev–Trinajstić information content (AvgIpc) is 3.17. The number of nitrogens with zero attached hydrogens (tertiary/aromatic N) is 2. The van der Waals surface area contributed by atoms with Crippen molar-refractivity contribution in [2.24, 2.45) is 5.73 Å². The third-order valence-corrected chi connectivity index (χ3v) is 5.38. The number of carbonyl (C=O) groups excluding carboxylic acids is 6. The third kappa shape index (κ3) is 7.16. The number of nitrogens with one attached hydrogen (secondary N) is 2. The van der Waals surface area contributed by atoms with Gasteiger partial charge in [-0.1, -0.05) is 0 Å². The van der Waals surface area contributed by atoms with Gasteiger partial charge in [0.05, 0.1) is 6.04 Å². The first-order chi connectivity index (χ1) is 14.7. The van der Waals surface area contributed by atoms with Gasteiger partial charge in [0.15, 0.2) is 0 Å². The van der Waals surface area contributed by atoms with E-state index in [4.69, 9.17) is 5.73 Å². The Morgan fingerprint density at radius 2 is 1.55 bits per heavy atom. The molecule has 0 radical (unpaired) electrons. The molecule has 0 saturated carbocycles. The van der Waals surface area contributed by atoms with Crippen molar-refractivity contribution in [3.8, 4) is 0 Å². The van der Waals surface area contributed by atoms with Crippen molar-refractivity contribution >= 4 is 43.3 Å². The number of imide groups is 2. The summed E-state index contributed by atoms with van der Waals surface area (Å²) in [6, 6.07) is -0.845. The van der Waals surface area contributed by atoms with Gasteiger partial charge in [0.25, 0.3) is 0 Å². The number of likely N-dealkylation sites (tertiary alicyclic amines) is 2. The first kappa shape index (κ1) is 24.5. The van der Waals surface area contributed by atoms with Crippen molar-refractivity contribution in [1.29, 1.82) is 0 Å². The molecule has 2 rings (SSSR count). The van der Waals surface area contributed by atoms with Gasteiger partial charge < -0.3 is 16.4 Å². The molecule has 2 aliphatic rings. The lowest BCUT2D eigenvalue weighted by atomic mass is 9.86. The summed E-state index contributed by atoms with van der Waals surface area (Å²) in [6.07, 6.45) is 1.87. The van der Waals surface area contributed by atoms with Crippen LogP contribution in [0.15, 0.2) is 0 Å². The Morgan fingerprint density at radius 3 is 2.13 bits per heavy atom. The van der Waals surface area contributed by atoms with Crippen molar-refractivity contribution in [1.82, 2.24) is 20.4 Å². The van der Waals surface area contributed by atoms with Crippen molar-refractivity contribution < 1.29 is 28.8 Å². The summed E-state index contributed by atoms with van der Waals surface area (Å²) < 4.78 is 0. The first-order valence-corrected chi connectivity index (χ1v) is 10.7. The third-order valence-electron chi connectivity index (χ3n) is 5.38. The Labute approximate surface area is 181 Å². The Kier molecular flexibility index (Phi) is 9.16. The zero-order chi connectivity index (χ0) is 23.0. The van der Waals surface area contributed by atoms with Crippen LogP contribution in [-0.4, -0.2) is 85.3 Å². The standard InChI is InChI=1S/C19H30BN5O6/c20-12-11-17(29)25(19(12)31)10-1-7-22-14(26)4-3-13(21)18(30)23-8-2-9-24-15(27)5-6-16(24)28/h12-13H,1-11,20-21H2,(H,22,26)(H,23,30)/t12-,13+/m1/s1. The lowest BCUT2D eigenvalue weighted by molar-refractivity contribution is -0.140. The molecule has 0 aliphatic carbocycles. The highest BCUT2D eigenvalue weighted by molar-refractivity contribution is 6.29. The van der Waals surface area contributed by atoms with E-state index in [2.05, 4.69) is 10.6 Å². The summed E-state index contributed by atoms with van der Waals surface area (Å²) in [7, 11) is 1.72. The lowest BCUT2D eigenvalue weighted by Crippen LogP contribution is -2.42. The normalized spacial score (nSPS) is 19.8. The minimum atomic E-state index is -0.845. The van der Waals surface area contributed by atoms with Crippen LogP contribution in [0.3, 0.4) is 0 Å². The summed E-state index contributed by atoms with van der Waals surface area (Å²) in [5, 5.41) is 5.33. The first-order valence-electron chi connectivity index (χ1n) is 10.7. The fourth-order valence-corrected chi connectivity index (χ4v) is 3.51. The van der Waals surface area contributed by atoms with Gasteiger partial charge >= 0.3 is 0 Å². The molecule has 2 aliphatic heterocycles. The number of hydrogen-bond acceptors (Lipinski definition) is 7. The Bertz CT molecular complexity index is 729. The molecule has 2 saturated heterocycles. The smallest absolute Gasteiger partial charge is 0.236 e. The molecule has 11 nitrogen and oxygen atoms in total. The predicted molar refractivity (Wildman–Crippen MR) is 112 cm³/mol. The summed E-state index contributed by atoms with van der Waals surface area (Å²) in [5.41, 5.74) is 5.80. The van der Waals surface area contributed by atoms with Crippen LogP contribution < -0.4 is 16.4 Å². The predicted octanol–water partition coefficient (Wildman–Crippen LogP) is -2.56. The molecule has 12 heteroatoms. The highest BCUT2D eigenvalue weighted by atomic mass is 16.2. The van der Waals surface area contributed by atoms with Crippen molar-refractivity contribution in [3.05, 3.63) is 0 Å². The van der Waals surface area contributed by atoms with E-state index >= 15 is 0 Å². The van der Waals surface area contributed by atoms with Crippen molar-refractivity contribution in [3.63, 3.8) is 0 Å². The summed E-state index contributed by atoms with van der Waals surface area (Å²) >= 11 is 0. The van der Waals surface area contributed by atoms with Gasteiger partial charge in [-0.05, 0) is 19.3 Å². The van der Waals surface area contributed by atoms with E-state index in [0.29, 0.717) is 19.4 Å². The second-order valence-electron chi connectivity index (χ2n) is 7.92. The highest BCUT2D eigenvalue weighted by Gasteiger charge is 2.34. The van der Waals surface area contributed by atoms with Crippen LogP contribution >= 0.6 is 0 Å². The minimum absolute atomic E-state index is 0.0734. The molecule has 0 aromatic rings. The summed E-state index contributed by atoms with van der Waals surface area (Å²) in [6.45, 7) is 1.14. The molecule has 0 unspecified atom stereocenters. The molecule has 0 aromatic carbocycles. The molecule has 2 heterocycles. The van der Waals surface area contributed by atoms with E-state index in [0.717, 1.165) is 0 Å². The van der Waals surface area contributed by atoms with E-state index in [1.54, 1.807) is 7.85 Å². The van der Waals surface area contributed by atoms with Gasteiger partial charge in [0.1, 0.15) is 7.85 Å². The zero-order valence-corrected chi connectivity index (χ0v) is 17.9. The van der Waals surface area contributed by atoms with Crippen LogP contribution in [-0.2, 0) is 28.8 Å². The molecule has 31 heavy (non-hydrogen) atoms. The van der Waals surface area contributed by atoms with Gasteiger partial charge in [0, 0.05) is 57.7 Å². The highest BCUT2D eigenvalue weighted by Crippen LogP contribution is 2.21. The molecular formula is C19H30BN5O6. The number of amides is 6. The Hall–Kier alpha value is -2.76. The van der Waals surface area contributed by atoms with Crippen LogP contribution in [0, 0.1) is 0 Å². The largest absolute Gasteiger partial charge is 0.356 e. The maximum atomic E-state index is 12.0. The maximum absolute atomic E-state index is 12.0. The van der Waals surface area contributed by atoms with Gasteiger partial charge in [-0.25, -0.2) is 0 Å². The van der Waals surface area contributed by atoms with Crippen LogP contribution in [0.25, 0.3) is 0 Å². The van der Waals surface area contributed by atoms with Crippen LogP contribution in [0.2, 0.25) is 5.82 Å². The molecule has 0 spiro atoms. The van der Waals surface area contributed by atoms with Gasteiger partial charge in [-0.2, -0.15) is 0 Å². The van der Waals surface area contributed by atoms with Crippen LogP contribution in [0.1, 0.15) is 44.9 Å². The average molecular weight is 435 g/mol. The quantitative estimate of drug-likeness (QED) is 0.173. The molecule has 2 atom stereocenters. The Morgan fingerprint density at radius 1 is 0.968 bits per heavy atom. The van der Waals surface area contributed by atoms with E-state index in [1.807, 2.05) is 0 Å². The summed E-state index contributed by atoms with van der Waals surface area (Å²) in [4.78, 5) is 72.8. The number of nitrogens with two attached hydrogens (primary N) is 1. The van der Waals surface area contributed by atoms with E-state index in [-0.39, 0.29) is 87.1 Å².